The van der Waals surface area contributed by atoms with Gasteiger partial charge in [0.05, 0.1) is 29.8 Å². The number of benzene rings is 1. The number of halogens is 2. The molecule has 0 aromatic heterocycles. The van der Waals surface area contributed by atoms with Gasteiger partial charge in [-0.15, -0.1) is 0 Å². The van der Waals surface area contributed by atoms with Crippen LogP contribution in [0.15, 0.2) is 12.1 Å². The van der Waals surface area contributed by atoms with E-state index in [1.807, 2.05) is 0 Å². The Balaban J connectivity index is 3.16. The largest absolute Gasteiger partial charge is 0.495 e. The first kappa shape index (κ1) is 13.3. The molecule has 0 fully saturated rings. The van der Waals surface area contributed by atoms with Crippen molar-refractivity contribution in [3.63, 3.8) is 0 Å². The third kappa shape index (κ3) is 2.65. The number of hydrogen-bond acceptors (Lipinski definition) is 4. The van der Waals surface area contributed by atoms with Gasteiger partial charge in [0.15, 0.2) is 5.78 Å². The summed E-state index contributed by atoms with van der Waals surface area (Å²) in [6, 6.07) is 1.81. The highest BCUT2D eigenvalue weighted by Crippen LogP contribution is 2.31. The van der Waals surface area contributed by atoms with Gasteiger partial charge in [-0.25, -0.2) is 0 Å². The first-order valence-corrected chi connectivity index (χ1v) is 5.20. The molecule has 0 aliphatic rings. The van der Waals surface area contributed by atoms with E-state index in [0.717, 1.165) is 0 Å². The number of methoxy groups -OCH3 is 1. The molecule has 0 aliphatic heterocycles. The zero-order valence-electron chi connectivity index (χ0n) is 8.54. The fourth-order valence-electron chi connectivity index (χ4n) is 1.16. The van der Waals surface area contributed by atoms with Crippen molar-refractivity contribution in [1.29, 1.82) is 0 Å². The number of Topliss-reactive ketones (excluding diaryl/α,β-unsaturated/α-hetero) is 1. The van der Waals surface area contributed by atoms with Crippen molar-refractivity contribution in [2.75, 3.05) is 13.7 Å². The molecule has 1 rings (SSSR count). The number of ether oxygens (including phenoxy) is 1. The Morgan fingerprint density at radius 2 is 2.12 bits per heavy atom. The molecule has 0 saturated carbocycles. The van der Waals surface area contributed by atoms with Crippen LogP contribution in [0.25, 0.3) is 0 Å². The third-order valence-corrected chi connectivity index (χ3v) is 2.65. The van der Waals surface area contributed by atoms with Gasteiger partial charge in [-0.1, -0.05) is 23.2 Å². The molecule has 1 atom stereocenters. The van der Waals surface area contributed by atoms with E-state index in [2.05, 4.69) is 0 Å². The monoisotopic (exact) mass is 263 g/mol. The predicted octanol–water partition coefficient (Wildman–Crippen LogP) is 1.50. The minimum atomic E-state index is -0.998. The van der Waals surface area contributed by atoms with Gasteiger partial charge < -0.3 is 15.6 Å². The minimum absolute atomic E-state index is 0.175. The van der Waals surface area contributed by atoms with Gasteiger partial charge in [-0.2, -0.15) is 0 Å². The van der Waals surface area contributed by atoms with Gasteiger partial charge >= 0.3 is 0 Å². The molecule has 0 saturated heterocycles. The lowest BCUT2D eigenvalue weighted by Crippen LogP contribution is -2.34. The summed E-state index contributed by atoms with van der Waals surface area (Å²) in [6.45, 7) is -0.446. The maximum absolute atomic E-state index is 11.7. The Labute approximate surface area is 103 Å². The first-order chi connectivity index (χ1) is 7.51. The zero-order valence-corrected chi connectivity index (χ0v) is 10.0. The number of hydrogen-bond donors (Lipinski definition) is 2. The Kier molecular flexibility index (Phi) is 4.56. The summed E-state index contributed by atoms with van der Waals surface area (Å²) in [4.78, 5) is 11.7. The summed E-state index contributed by atoms with van der Waals surface area (Å²) in [5.41, 5.74) is 5.58. The van der Waals surface area contributed by atoms with Crippen LogP contribution >= 0.6 is 23.2 Å². The van der Waals surface area contributed by atoms with E-state index < -0.39 is 18.4 Å². The SMILES string of the molecule is COc1cc(Cl)c(C(=O)C(N)CO)cc1Cl. The minimum Gasteiger partial charge on any atom is -0.495 e. The molecule has 16 heavy (non-hydrogen) atoms. The van der Waals surface area contributed by atoms with Crippen molar-refractivity contribution in [2.45, 2.75) is 6.04 Å². The second-order valence-corrected chi connectivity index (χ2v) is 3.93. The Morgan fingerprint density at radius 1 is 1.50 bits per heavy atom. The van der Waals surface area contributed by atoms with Gasteiger partial charge in [0.25, 0.3) is 0 Å². The van der Waals surface area contributed by atoms with Gasteiger partial charge in [0.2, 0.25) is 0 Å². The van der Waals surface area contributed by atoms with E-state index >= 15 is 0 Å². The van der Waals surface area contributed by atoms with E-state index in [9.17, 15) is 4.79 Å². The topological polar surface area (TPSA) is 72.5 Å². The number of carbonyl (C=O) groups is 1. The lowest BCUT2D eigenvalue weighted by Gasteiger charge is -2.11. The summed E-state index contributed by atoms with van der Waals surface area (Å²) in [5.74, 6) is -0.0853. The molecule has 1 unspecified atom stereocenters. The van der Waals surface area contributed by atoms with Crippen LogP contribution in [-0.2, 0) is 0 Å². The smallest absolute Gasteiger partial charge is 0.183 e. The average Bonchev–Trinajstić information content (AvgIpc) is 2.29. The Bertz CT molecular complexity index is 409. The van der Waals surface area contributed by atoms with Crippen LogP contribution in [0, 0.1) is 0 Å². The van der Waals surface area contributed by atoms with Crippen molar-refractivity contribution in [1.82, 2.24) is 0 Å². The first-order valence-electron chi connectivity index (χ1n) is 4.45. The second kappa shape index (κ2) is 5.50. The predicted molar refractivity (Wildman–Crippen MR) is 62.4 cm³/mol. The highest BCUT2D eigenvalue weighted by atomic mass is 35.5. The van der Waals surface area contributed by atoms with Gasteiger partial charge in [-0.05, 0) is 6.07 Å². The molecule has 0 bridgehead atoms. The number of ketones is 1. The van der Waals surface area contributed by atoms with E-state index in [1.54, 1.807) is 0 Å². The van der Waals surface area contributed by atoms with E-state index in [0.29, 0.717) is 5.75 Å². The van der Waals surface area contributed by atoms with E-state index in [-0.39, 0.29) is 15.6 Å². The molecule has 6 heteroatoms. The molecular weight excluding hydrogens is 253 g/mol. The van der Waals surface area contributed by atoms with Crippen LogP contribution in [-0.4, -0.2) is 30.6 Å². The quantitative estimate of drug-likeness (QED) is 0.808. The Hall–Kier alpha value is -0.810. The molecule has 1 aromatic rings. The summed E-state index contributed by atoms with van der Waals surface area (Å²) in [7, 11) is 1.44. The average molecular weight is 264 g/mol. The van der Waals surface area contributed by atoms with Crippen LogP contribution in [0.3, 0.4) is 0 Å². The maximum Gasteiger partial charge on any atom is 0.183 e. The lowest BCUT2D eigenvalue weighted by atomic mass is 10.1. The van der Waals surface area contributed by atoms with Crippen molar-refractivity contribution >= 4 is 29.0 Å². The van der Waals surface area contributed by atoms with Gasteiger partial charge in [0, 0.05) is 11.6 Å². The van der Waals surface area contributed by atoms with Crippen molar-refractivity contribution in [3.8, 4) is 5.75 Å². The molecule has 0 spiro atoms. The number of carbonyl (C=O) groups excluding carboxylic acids is 1. The van der Waals surface area contributed by atoms with E-state index in [1.165, 1.54) is 19.2 Å². The van der Waals surface area contributed by atoms with Crippen LogP contribution in [0.1, 0.15) is 10.4 Å². The Morgan fingerprint density at radius 3 is 2.62 bits per heavy atom. The third-order valence-electron chi connectivity index (χ3n) is 2.04. The summed E-state index contributed by atoms with van der Waals surface area (Å²) < 4.78 is 4.94. The summed E-state index contributed by atoms with van der Waals surface area (Å²) >= 11 is 11.7. The normalized spacial score (nSPS) is 12.3. The second-order valence-electron chi connectivity index (χ2n) is 3.12. The molecule has 1 aromatic carbocycles. The van der Waals surface area contributed by atoms with Gasteiger partial charge in [-0.3, -0.25) is 4.79 Å². The molecular formula is C10H11Cl2NO3. The number of nitrogens with two attached hydrogens (primary N) is 1. The lowest BCUT2D eigenvalue weighted by molar-refractivity contribution is 0.0925. The van der Waals surface area contributed by atoms with Crippen molar-refractivity contribution in [2.24, 2.45) is 5.73 Å². The molecule has 0 radical (unpaired) electrons. The molecule has 0 amide bonds. The molecule has 0 aliphatic carbocycles. The van der Waals surface area contributed by atoms with Crippen LogP contribution in [0.4, 0.5) is 0 Å². The van der Waals surface area contributed by atoms with Crippen LogP contribution in [0.2, 0.25) is 10.0 Å². The highest BCUT2D eigenvalue weighted by Gasteiger charge is 2.19. The maximum atomic E-state index is 11.7. The molecule has 3 N–H and O–H groups in total. The highest BCUT2D eigenvalue weighted by molar-refractivity contribution is 6.37. The zero-order chi connectivity index (χ0) is 12.3. The van der Waals surface area contributed by atoms with Crippen LogP contribution < -0.4 is 10.5 Å². The van der Waals surface area contributed by atoms with Crippen LogP contribution in [0.5, 0.6) is 5.75 Å². The van der Waals surface area contributed by atoms with E-state index in [4.69, 9.17) is 38.8 Å². The summed E-state index contributed by atoms with van der Waals surface area (Å²) in [5, 5.41) is 9.24. The summed E-state index contributed by atoms with van der Waals surface area (Å²) in [6.07, 6.45) is 0. The fourth-order valence-corrected chi connectivity index (χ4v) is 1.64. The number of aliphatic hydroxyl groups excluding tert-OH is 1. The standard InChI is InChI=1S/C10H11Cl2NO3/c1-16-9-3-6(11)5(2-7(9)12)10(15)8(13)4-14/h2-3,8,14H,4,13H2,1H3. The number of aliphatic hydroxyl groups is 1. The van der Waals surface area contributed by atoms with Gasteiger partial charge in [0.1, 0.15) is 5.75 Å². The fraction of sp³-hybridized carbons (Fsp3) is 0.300. The molecule has 88 valence electrons. The molecule has 0 heterocycles. The number of rotatable bonds is 4. The van der Waals surface area contributed by atoms with Crippen molar-refractivity contribution in [3.05, 3.63) is 27.7 Å². The van der Waals surface area contributed by atoms with Crippen molar-refractivity contribution < 1.29 is 14.6 Å². The molecule has 4 nitrogen and oxygen atoms in total.